The molecule has 5 rings (SSSR count). The highest BCUT2D eigenvalue weighted by Gasteiger charge is 2.46. The highest BCUT2D eigenvalue weighted by atomic mass is 16.7. The molecule has 2 aromatic rings. The molecule has 0 bridgehead atoms. The van der Waals surface area contributed by atoms with E-state index in [4.69, 9.17) is 24.2 Å². The zero-order valence-electron chi connectivity index (χ0n) is 26.0. The van der Waals surface area contributed by atoms with Crippen LogP contribution in [0.15, 0.2) is 40.3 Å². The normalized spacial score (nSPS) is 22.0. The second-order valence-corrected chi connectivity index (χ2v) is 11.7. The molecule has 1 aromatic carbocycles. The van der Waals surface area contributed by atoms with Gasteiger partial charge >= 0.3 is 0 Å². The number of fused-ring (bicyclic) bond motifs is 1. The van der Waals surface area contributed by atoms with Crippen molar-refractivity contribution in [2.75, 3.05) is 45.3 Å². The van der Waals surface area contributed by atoms with Crippen molar-refractivity contribution in [1.82, 2.24) is 20.6 Å². The average Bonchev–Trinajstić information content (AvgIpc) is 3.60. The first-order chi connectivity index (χ1) is 21.4. The summed E-state index contributed by atoms with van der Waals surface area (Å²) in [5.74, 6) is 0.155. The summed E-state index contributed by atoms with van der Waals surface area (Å²) in [6.45, 7) is 6.45. The Morgan fingerprint density at radius 3 is 2.57 bits per heavy atom. The second kappa shape index (κ2) is 15.1. The fraction of sp³-hybridized carbons (Fsp3) is 0.625. The van der Waals surface area contributed by atoms with Crippen molar-refractivity contribution in [1.29, 1.82) is 0 Å². The van der Waals surface area contributed by atoms with Crippen LogP contribution >= 0.6 is 0 Å². The van der Waals surface area contributed by atoms with Crippen molar-refractivity contribution in [3.8, 4) is 0 Å². The Kier molecular flexibility index (Phi) is 11.0. The maximum Gasteiger partial charge on any atom is 0.274 e. The molecule has 2 amide bonds. The lowest BCUT2D eigenvalue weighted by atomic mass is 9.79. The summed E-state index contributed by atoms with van der Waals surface area (Å²) in [7, 11) is 1.57. The van der Waals surface area contributed by atoms with Crippen LogP contribution in [0.4, 0.5) is 5.95 Å². The number of piperidine rings is 1. The molecule has 3 heterocycles. The molecule has 0 spiro atoms. The Morgan fingerprint density at radius 1 is 1.11 bits per heavy atom. The minimum absolute atomic E-state index is 0.116. The summed E-state index contributed by atoms with van der Waals surface area (Å²) in [6, 6.07) is 8.58. The van der Waals surface area contributed by atoms with Crippen LogP contribution in [0.2, 0.25) is 0 Å². The van der Waals surface area contributed by atoms with Gasteiger partial charge in [0.2, 0.25) is 5.95 Å². The summed E-state index contributed by atoms with van der Waals surface area (Å²) >= 11 is 0. The first-order valence-corrected chi connectivity index (χ1v) is 15.9. The molecule has 1 aromatic heterocycles. The fourth-order valence-corrected chi connectivity index (χ4v) is 6.38. The van der Waals surface area contributed by atoms with Crippen LogP contribution in [-0.4, -0.2) is 85.7 Å². The second-order valence-electron chi connectivity index (χ2n) is 11.7. The lowest BCUT2D eigenvalue weighted by Gasteiger charge is -2.32. The van der Waals surface area contributed by atoms with E-state index in [0.29, 0.717) is 47.6 Å². The van der Waals surface area contributed by atoms with E-state index in [0.717, 1.165) is 51.6 Å². The average molecular weight is 608 g/mol. The van der Waals surface area contributed by atoms with Crippen molar-refractivity contribution in [3.05, 3.63) is 52.4 Å². The topological polar surface area (TPSA) is 148 Å². The summed E-state index contributed by atoms with van der Waals surface area (Å²) in [6.07, 6.45) is 5.95. The van der Waals surface area contributed by atoms with Gasteiger partial charge in [-0.15, -0.1) is 0 Å². The zero-order chi connectivity index (χ0) is 30.9. The van der Waals surface area contributed by atoms with E-state index in [-0.39, 0.29) is 30.4 Å². The number of aryl methyl sites for hydroxylation is 1. The molecule has 2 unspecified atom stereocenters. The predicted molar refractivity (Wildman–Crippen MR) is 164 cm³/mol. The third-order valence-electron chi connectivity index (χ3n) is 8.88. The van der Waals surface area contributed by atoms with Crippen LogP contribution in [-0.2, 0) is 19.0 Å². The van der Waals surface area contributed by atoms with E-state index in [2.05, 4.69) is 25.9 Å². The third kappa shape index (κ3) is 7.48. The highest BCUT2D eigenvalue weighted by molar-refractivity contribution is 5.94. The van der Waals surface area contributed by atoms with Gasteiger partial charge in [-0.1, -0.05) is 38.0 Å². The fourth-order valence-electron chi connectivity index (χ4n) is 6.38. The molecular formula is C32H45N7O5. The van der Waals surface area contributed by atoms with Crippen molar-refractivity contribution in [2.24, 2.45) is 15.9 Å². The van der Waals surface area contributed by atoms with Crippen molar-refractivity contribution < 1.29 is 23.8 Å². The van der Waals surface area contributed by atoms with Gasteiger partial charge < -0.3 is 30.2 Å². The number of methoxy groups -OCH3 is 1. The van der Waals surface area contributed by atoms with Gasteiger partial charge in [0, 0.05) is 19.2 Å². The van der Waals surface area contributed by atoms with Crippen molar-refractivity contribution >= 4 is 17.8 Å². The molecule has 2 aliphatic heterocycles. The van der Waals surface area contributed by atoms with E-state index >= 15 is 0 Å². The van der Waals surface area contributed by atoms with Crippen LogP contribution in [0.1, 0.15) is 67.9 Å². The minimum atomic E-state index is -0.874. The highest BCUT2D eigenvalue weighted by Crippen LogP contribution is 2.39. The molecule has 0 radical (unpaired) electrons. The largest absolute Gasteiger partial charge is 0.376 e. The molecule has 1 saturated carbocycles. The maximum atomic E-state index is 13.3. The van der Waals surface area contributed by atoms with Crippen LogP contribution in [0, 0.1) is 12.8 Å². The van der Waals surface area contributed by atoms with Crippen LogP contribution in [0.25, 0.3) is 0 Å². The van der Waals surface area contributed by atoms with Gasteiger partial charge in [-0.05, 0) is 70.2 Å². The van der Waals surface area contributed by atoms with Crippen molar-refractivity contribution in [2.45, 2.75) is 82.8 Å². The Bertz CT molecular complexity index is 1400. The van der Waals surface area contributed by atoms with Crippen molar-refractivity contribution in [3.63, 3.8) is 0 Å². The molecule has 3 N–H and O–H groups in total. The molecule has 1 aliphatic carbocycles. The molecule has 1 saturated heterocycles. The molecule has 12 nitrogen and oxygen atoms in total. The number of carbonyl (C=O) groups is 2. The molecule has 3 atom stereocenters. The number of rotatable bonds is 14. The van der Waals surface area contributed by atoms with Gasteiger partial charge in [-0.25, -0.2) is 15.0 Å². The van der Waals surface area contributed by atoms with Gasteiger partial charge in [-0.2, -0.15) is 4.98 Å². The number of amides is 2. The Morgan fingerprint density at radius 2 is 1.86 bits per heavy atom. The first kappa shape index (κ1) is 32.1. The van der Waals surface area contributed by atoms with Gasteiger partial charge in [0.25, 0.3) is 11.8 Å². The zero-order valence-corrected chi connectivity index (χ0v) is 26.0. The number of carbonyl (C=O) groups excluding carboxylic acids is 2. The number of benzene rings is 1. The molecule has 238 valence electrons. The van der Waals surface area contributed by atoms with E-state index in [9.17, 15) is 9.59 Å². The monoisotopic (exact) mass is 607 g/mol. The molecule has 3 aliphatic rings. The molecule has 44 heavy (non-hydrogen) atoms. The van der Waals surface area contributed by atoms with Crippen LogP contribution in [0.5, 0.6) is 0 Å². The van der Waals surface area contributed by atoms with E-state index in [1.54, 1.807) is 19.2 Å². The first-order valence-electron chi connectivity index (χ1n) is 15.9. The molecule has 12 heteroatoms. The van der Waals surface area contributed by atoms with E-state index < -0.39 is 17.9 Å². The number of hydrogen-bond acceptors (Lipinski definition) is 10. The molecule has 2 fully saturated rings. The van der Waals surface area contributed by atoms with Gasteiger partial charge in [0.05, 0.1) is 25.0 Å². The number of ether oxygens (including phenoxy) is 3. The number of anilines is 1. The maximum absolute atomic E-state index is 13.3. The van der Waals surface area contributed by atoms with E-state index in [1.165, 1.54) is 0 Å². The van der Waals surface area contributed by atoms with Gasteiger partial charge in [-0.3, -0.25) is 9.59 Å². The predicted octanol–water partition coefficient (Wildman–Crippen LogP) is 1.87. The number of nitrogens with zero attached hydrogens (tertiary/aromatic N) is 4. The smallest absolute Gasteiger partial charge is 0.274 e. The number of aromatic nitrogens is 2. The SMILES string of the molecule is CC[C@]1(C2CCCC2)N=c2nc(NC(COC3CCNCC3)C(OC)OCCNC(=O)c3ccccc3)nc(C)c2=NC1=O. The van der Waals surface area contributed by atoms with Crippen LogP contribution < -0.4 is 26.8 Å². The summed E-state index contributed by atoms with van der Waals surface area (Å²) in [5, 5.41) is 10.0. The summed E-state index contributed by atoms with van der Waals surface area (Å²) in [5.41, 5.74) is 0.721. The Labute approximate surface area is 258 Å². The summed E-state index contributed by atoms with van der Waals surface area (Å²) < 4.78 is 18.2. The standard InChI is InChI=1S/C32H45N7O5/c1-4-32(23-12-8-9-13-23)30(41)37-26-21(2)35-31(38-27(26)39-32)36-25(20-44-24-14-16-33-17-15-24)29(42-3)43-19-18-34-28(40)22-10-6-5-7-11-22/h5-7,10-11,23-25,29,33H,4,8-9,12-20H2,1-3H3,(H,34,40)(H,36,38,39)/t25?,29?,32-/m1/s1. The quantitative estimate of drug-likeness (QED) is 0.216. The summed E-state index contributed by atoms with van der Waals surface area (Å²) in [4.78, 5) is 44.6. The Balaban J connectivity index is 1.33. The Hall–Kier alpha value is -3.32. The molecular weight excluding hydrogens is 562 g/mol. The lowest BCUT2D eigenvalue weighted by Crippen LogP contribution is -2.52. The minimum Gasteiger partial charge on any atom is -0.376 e. The number of hydrogen-bond donors (Lipinski definition) is 3. The third-order valence-corrected chi connectivity index (χ3v) is 8.88. The lowest BCUT2D eigenvalue weighted by molar-refractivity contribution is -0.144. The number of nitrogens with one attached hydrogen (secondary N) is 3. The van der Waals surface area contributed by atoms with Gasteiger partial charge in [0.1, 0.15) is 16.9 Å². The van der Waals surface area contributed by atoms with E-state index in [1.807, 2.05) is 32.0 Å². The van der Waals surface area contributed by atoms with Crippen LogP contribution in [0.3, 0.4) is 0 Å². The van der Waals surface area contributed by atoms with Gasteiger partial charge in [0.15, 0.2) is 11.8 Å².